The van der Waals surface area contributed by atoms with Gasteiger partial charge in [-0.15, -0.1) is 0 Å². The van der Waals surface area contributed by atoms with Crippen LogP contribution in [0.1, 0.15) is 24.8 Å². The number of benzene rings is 1. The summed E-state index contributed by atoms with van der Waals surface area (Å²) in [6.07, 6.45) is 4.82. The molecule has 26 heavy (non-hydrogen) atoms. The van der Waals surface area contributed by atoms with E-state index in [9.17, 15) is 14.0 Å². The van der Waals surface area contributed by atoms with Crippen LogP contribution < -0.4 is 16.6 Å². The fourth-order valence-corrected chi connectivity index (χ4v) is 4.48. The molecule has 0 radical (unpaired) electrons. The van der Waals surface area contributed by atoms with Gasteiger partial charge < -0.3 is 15.6 Å². The summed E-state index contributed by atoms with van der Waals surface area (Å²) in [6.45, 7) is 0.316. The second-order valence-corrected chi connectivity index (χ2v) is 7.41. The normalized spacial score (nSPS) is 26.8. The number of anilines is 1. The summed E-state index contributed by atoms with van der Waals surface area (Å²) < 4.78 is 14.5. The van der Waals surface area contributed by atoms with Crippen molar-refractivity contribution >= 4 is 11.6 Å². The van der Waals surface area contributed by atoms with Crippen molar-refractivity contribution in [3.05, 3.63) is 64.3 Å². The van der Waals surface area contributed by atoms with Crippen molar-refractivity contribution in [1.82, 2.24) is 4.57 Å². The van der Waals surface area contributed by atoms with Gasteiger partial charge >= 0.3 is 0 Å². The van der Waals surface area contributed by atoms with Crippen LogP contribution in [0, 0.1) is 23.6 Å². The number of carbonyl (C=O) groups is 1. The Morgan fingerprint density at radius 3 is 2.62 bits per heavy atom. The van der Waals surface area contributed by atoms with E-state index in [1.807, 2.05) is 0 Å². The summed E-state index contributed by atoms with van der Waals surface area (Å²) in [6, 6.07) is 9.23. The molecule has 1 amide bonds. The number of nitrogens with one attached hydrogen (secondary N) is 1. The zero-order valence-corrected chi connectivity index (χ0v) is 14.4. The maximum absolute atomic E-state index is 13.0. The Hall–Kier alpha value is -2.47. The summed E-state index contributed by atoms with van der Waals surface area (Å²) >= 11 is 0. The number of carbonyl (C=O) groups excluding carboxylic acids is 1. The lowest BCUT2D eigenvalue weighted by molar-refractivity contribution is -0.121. The van der Waals surface area contributed by atoms with E-state index in [0.717, 1.165) is 24.8 Å². The Labute approximate surface area is 151 Å². The molecule has 6 heteroatoms. The first-order valence-corrected chi connectivity index (χ1v) is 9.03. The van der Waals surface area contributed by atoms with Crippen LogP contribution in [0.3, 0.4) is 0 Å². The van der Waals surface area contributed by atoms with Crippen LogP contribution in [0.5, 0.6) is 0 Å². The molecule has 1 aromatic heterocycles. The number of pyridine rings is 1. The van der Waals surface area contributed by atoms with Crippen molar-refractivity contribution in [2.75, 3.05) is 5.32 Å². The first kappa shape index (κ1) is 17.0. The van der Waals surface area contributed by atoms with E-state index in [-0.39, 0.29) is 34.9 Å². The number of amides is 1. The van der Waals surface area contributed by atoms with Gasteiger partial charge in [0.2, 0.25) is 5.91 Å². The van der Waals surface area contributed by atoms with Crippen LogP contribution in [-0.2, 0) is 11.3 Å². The molecule has 0 aliphatic heterocycles. The minimum absolute atomic E-state index is 0.112. The number of hydrogen-bond acceptors (Lipinski definition) is 3. The summed E-state index contributed by atoms with van der Waals surface area (Å²) in [5.41, 5.74) is 7.02. The first-order chi connectivity index (χ1) is 12.5. The van der Waals surface area contributed by atoms with Gasteiger partial charge in [0.15, 0.2) is 0 Å². The average molecular weight is 355 g/mol. The minimum Gasteiger partial charge on any atom is -0.327 e. The van der Waals surface area contributed by atoms with E-state index in [1.165, 1.54) is 16.7 Å². The highest BCUT2D eigenvalue weighted by Crippen LogP contribution is 2.47. The molecule has 2 aliphatic rings. The van der Waals surface area contributed by atoms with Crippen molar-refractivity contribution in [3.63, 3.8) is 0 Å². The molecule has 0 saturated heterocycles. The molecule has 1 heterocycles. The van der Waals surface area contributed by atoms with E-state index in [1.54, 1.807) is 30.5 Å². The summed E-state index contributed by atoms with van der Waals surface area (Å²) in [5.74, 6) is 0.0892. The SMILES string of the molecule is NC1C2CCC(C2)C1C(=O)Nc1cccn(Cc2ccc(F)cc2)c1=O. The maximum Gasteiger partial charge on any atom is 0.274 e. The highest BCUT2D eigenvalue weighted by Gasteiger charge is 2.49. The van der Waals surface area contributed by atoms with E-state index >= 15 is 0 Å². The van der Waals surface area contributed by atoms with Gasteiger partial charge in [0.05, 0.1) is 12.5 Å². The topological polar surface area (TPSA) is 77.1 Å². The van der Waals surface area contributed by atoms with Crippen LogP contribution >= 0.6 is 0 Å². The zero-order valence-electron chi connectivity index (χ0n) is 14.4. The van der Waals surface area contributed by atoms with Crippen LogP contribution in [-0.4, -0.2) is 16.5 Å². The number of nitrogens with zero attached hydrogens (tertiary/aromatic N) is 1. The van der Waals surface area contributed by atoms with Gasteiger partial charge in [-0.25, -0.2) is 4.39 Å². The molecule has 2 aromatic rings. The largest absolute Gasteiger partial charge is 0.327 e. The number of fused-ring (bicyclic) bond motifs is 2. The van der Waals surface area contributed by atoms with Gasteiger partial charge in [0.25, 0.3) is 5.56 Å². The first-order valence-electron chi connectivity index (χ1n) is 9.03. The highest BCUT2D eigenvalue weighted by molar-refractivity contribution is 5.93. The molecule has 4 rings (SSSR count). The predicted molar refractivity (Wildman–Crippen MR) is 97.1 cm³/mol. The lowest BCUT2D eigenvalue weighted by Crippen LogP contribution is -2.43. The van der Waals surface area contributed by atoms with Gasteiger partial charge in [-0.2, -0.15) is 0 Å². The molecule has 2 saturated carbocycles. The standard InChI is InChI=1S/C20H22FN3O2/c21-15-7-3-12(4-8-15)11-24-9-1-2-16(20(24)26)23-19(25)17-13-5-6-14(10-13)18(17)22/h1-4,7-9,13-14,17-18H,5-6,10-11,22H2,(H,23,25). The number of rotatable bonds is 4. The Morgan fingerprint density at radius 1 is 1.19 bits per heavy atom. The summed E-state index contributed by atoms with van der Waals surface area (Å²) in [5, 5.41) is 2.79. The molecule has 0 spiro atoms. The van der Waals surface area contributed by atoms with Gasteiger partial charge in [0, 0.05) is 12.2 Å². The number of aromatic nitrogens is 1. The van der Waals surface area contributed by atoms with Crippen molar-refractivity contribution in [3.8, 4) is 0 Å². The fraction of sp³-hybridized carbons (Fsp3) is 0.400. The quantitative estimate of drug-likeness (QED) is 0.884. The zero-order chi connectivity index (χ0) is 18.3. The lowest BCUT2D eigenvalue weighted by atomic mass is 9.84. The molecule has 4 atom stereocenters. The van der Waals surface area contributed by atoms with Crippen molar-refractivity contribution in [2.45, 2.75) is 31.8 Å². The Morgan fingerprint density at radius 2 is 1.92 bits per heavy atom. The summed E-state index contributed by atoms with van der Waals surface area (Å²) in [4.78, 5) is 25.4. The monoisotopic (exact) mass is 355 g/mol. The second-order valence-electron chi connectivity index (χ2n) is 7.41. The van der Waals surface area contributed by atoms with Crippen molar-refractivity contribution in [2.24, 2.45) is 23.5 Å². The number of hydrogen-bond donors (Lipinski definition) is 2. The predicted octanol–water partition coefficient (Wildman–Crippen LogP) is 2.35. The third kappa shape index (κ3) is 3.05. The third-order valence-electron chi connectivity index (χ3n) is 5.83. The summed E-state index contributed by atoms with van der Waals surface area (Å²) in [7, 11) is 0. The maximum atomic E-state index is 13.0. The van der Waals surface area contributed by atoms with Gasteiger partial charge in [-0.05, 0) is 60.9 Å². The van der Waals surface area contributed by atoms with Gasteiger partial charge in [-0.1, -0.05) is 12.1 Å². The van der Waals surface area contributed by atoms with Gasteiger partial charge in [-0.3, -0.25) is 9.59 Å². The van der Waals surface area contributed by atoms with Crippen molar-refractivity contribution in [1.29, 1.82) is 0 Å². The smallest absolute Gasteiger partial charge is 0.274 e. The molecule has 2 aliphatic carbocycles. The molecule has 2 bridgehead atoms. The molecule has 4 unspecified atom stereocenters. The molecular formula is C20H22FN3O2. The van der Waals surface area contributed by atoms with Crippen LogP contribution in [0.2, 0.25) is 0 Å². The molecule has 5 nitrogen and oxygen atoms in total. The Bertz CT molecular complexity index is 875. The van der Waals surface area contributed by atoms with Crippen molar-refractivity contribution < 1.29 is 9.18 Å². The minimum atomic E-state index is -0.315. The van der Waals surface area contributed by atoms with E-state index in [2.05, 4.69) is 5.32 Å². The Balaban J connectivity index is 1.51. The highest BCUT2D eigenvalue weighted by atomic mass is 19.1. The van der Waals surface area contributed by atoms with Crippen LogP contribution in [0.4, 0.5) is 10.1 Å². The number of halogens is 1. The fourth-order valence-electron chi connectivity index (χ4n) is 4.48. The number of nitrogens with two attached hydrogens (primary N) is 1. The second kappa shape index (κ2) is 6.68. The molecular weight excluding hydrogens is 333 g/mol. The van der Waals surface area contributed by atoms with Crippen LogP contribution in [0.25, 0.3) is 0 Å². The third-order valence-corrected chi connectivity index (χ3v) is 5.83. The Kier molecular flexibility index (Phi) is 4.36. The van der Waals surface area contributed by atoms with Gasteiger partial charge in [0.1, 0.15) is 11.5 Å². The average Bonchev–Trinajstić information content (AvgIpc) is 3.21. The molecule has 136 valence electrons. The van der Waals surface area contributed by atoms with E-state index in [4.69, 9.17) is 5.73 Å². The molecule has 3 N–H and O–H groups in total. The van der Waals surface area contributed by atoms with Crippen LogP contribution in [0.15, 0.2) is 47.4 Å². The molecule has 2 fully saturated rings. The van der Waals surface area contributed by atoms with E-state index in [0.29, 0.717) is 18.4 Å². The van der Waals surface area contributed by atoms with E-state index < -0.39 is 0 Å². The molecule has 1 aromatic carbocycles. The lowest BCUT2D eigenvalue weighted by Gasteiger charge is -2.26.